The molecule has 0 bridgehead atoms. The van der Waals surface area contributed by atoms with Gasteiger partial charge >= 0.3 is 0 Å². The van der Waals surface area contributed by atoms with Crippen molar-refractivity contribution < 1.29 is 4.42 Å². The average molecular weight is 229 g/mol. The summed E-state index contributed by atoms with van der Waals surface area (Å²) in [5.41, 5.74) is 3.67. The van der Waals surface area contributed by atoms with E-state index in [1.807, 2.05) is 12.1 Å². The summed E-state index contributed by atoms with van der Waals surface area (Å²) in [6, 6.07) is 2.44. The van der Waals surface area contributed by atoms with Crippen molar-refractivity contribution in [2.24, 2.45) is 0 Å². The van der Waals surface area contributed by atoms with E-state index in [0.29, 0.717) is 6.04 Å². The van der Waals surface area contributed by atoms with E-state index in [4.69, 9.17) is 4.42 Å². The molecular formula is C15H19NO. The Morgan fingerprint density at radius 3 is 3.00 bits per heavy atom. The van der Waals surface area contributed by atoms with Crippen molar-refractivity contribution >= 4 is 5.57 Å². The molecule has 1 unspecified atom stereocenters. The van der Waals surface area contributed by atoms with Crippen molar-refractivity contribution in [3.63, 3.8) is 0 Å². The van der Waals surface area contributed by atoms with Gasteiger partial charge in [0.2, 0.25) is 0 Å². The molecule has 2 heterocycles. The zero-order chi connectivity index (χ0) is 12.1. The maximum absolute atomic E-state index is 5.17. The SMILES string of the molecule is C=C/C=C(\C(=C/C)c1ccoc1)C1CCCN1. The molecular weight excluding hydrogens is 210 g/mol. The van der Waals surface area contributed by atoms with Crippen molar-refractivity contribution in [1.82, 2.24) is 5.32 Å². The van der Waals surface area contributed by atoms with Gasteiger partial charge in [0.25, 0.3) is 0 Å². The highest BCUT2D eigenvalue weighted by Crippen LogP contribution is 2.29. The van der Waals surface area contributed by atoms with E-state index in [1.54, 1.807) is 12.5 Å². The minimum Gasteiger partial charge on any atom is -0.472 e. The van der Waals surface area contributed by atoms with Crippen molar-refractivity contribution in [2.45, 2.75) is 25.8 Å². The van der Waals surface area contributed by atoms with Crippen LogP contribution in [0.15, 0.2) is 53.4 Å². The van der Waals surface area contributed by atoms with E-state index >= 15 is 0 Å². The zero-order valence-electron chi connectivity index (χ0n) is 10.3. The summed E-state index contributed by atoms with van der Waals surface area (Å²) in [5, 5.41) is 3.53. The third-order valence-corrected chi connectivity index (χ3v) is 3.16. The van der Waals surface area contributed by atoms with Crippen LogP contribution in [-0.2, 0) is 0 Å². The third kappa shape index (κ3) is 2.59. The Hall–Kier alpha value is -1.54. The second-order valence-corrected chi connectivity index (χ2v) is 4.22. The molecule has 17 heavy (non-hydrogen) atoms. The molecule has 1 aliphatic rings. The maximum Gasteiger partial charge on any atom is 0.0980 e. The molecule has 2 rings (SSSR count). The first kappa shape index (κ1) is 11.9. The van der Waals surface area contributed by atoms with Crippen molar-refractivity contribution in [3.8, 4) is 0 Å². The van der Waals surface area contributed by atoms with Crippen LogP contribution in [0.3, 0.4) is 0 Å². The Kier molecular flexibility index (Phi) is 3.99. The predicted octanol–water partition coefficient (Wildman–Crippen LogP) is 3.55. The summed E-state index contributed by atoms with van der Waals surface area (Å²) in [4.78, 5) is 0. The van der Waals surface area contributed by atoms with Gasteiger partial charge in [-0.2, -0.15) is 0 Å². The highest BCUT2D eigenvalue weighted by atomic mass is 16.3. The summed E-state index contributed by atoms with van der Waals surface area (Å²) in [6.07, 6.45) is 12.0. The number of hydrogen-bond acceptors (Lipinski definition) is 2. The van der Waals surface area contributed by atoms with Crippen LogP contribution in [0.2, 0.25) is 0 Å². The molecule has 1 saturated heterocycles. The molecule has 0 aliphatic carbocycles. The Bertz CT molecular complexity index is 420. The van der Waals surface area contributed by atoms with E-state index < -0.39 is 0 Å². The molecule has 0 saturated carbocycles. The lowest BCUT2D eigenvalue weighted by atomic mass is 9.92. The van der Waals surface area contributed by atoms with Crippen molar-refractivity contribution in [3.05, 3.63) is 54.5 Å². The molecule has 1 aliphatic heterocycles. The maximum atomic E-state index is 5.17. The van der Waals surface area contributed by atoms with Gasteiger partial charge in [-0.1, -0.05) is 24.8 Å². The van der Waals surface area contributed by atoms with Crippen LogP contribution in [0.1, 0.15) is 25.3 Å². The highest BCUT2D eigenvalue weighted by molar-refractivity contribution is 5.80. The predicted molar refractivity (Wildman–Crippen MR) is 71.7 cm³/mol. The second-order valence-electron chi connectivity index (χ2n) is 4.22. The lowest BCUT2D eigenvalue weighted by Crippen LogP contribution is -2.24. The van der Waals surface area contributed by atoms with Gasteiger partial charge in [-0.3, -0.25) is 0 Å². The van der Waals surface area contributed by atoms with Crippen molar-refractivity contribution in [1.29, 1.82) is 0 Å². The van der Waals surface area contributed by atoms with Crippen molar-refractivity contribution in [2.75, 3.05) is 6.54 Å². The second kappa shape index (κ2) is 5.69. The van der Waals surface area contributed by atoms with Crippen LogP contribution in [0.4, 0.5) is 0 Å². The summed E-state index contributed by atoms with van der Waals surface area (Å²) in [7, 11) is 0. The van der Waals surface area contributed by atoms with Crippen LogP contribution < -0.4 is 5.32 Å². The molecule has 0 spiro atoms. The molecule has 2 heteroatoms. The van der Waals surface area contributed by atoms with Gasteiger partial charge in [0, 0.05) is 11.6 Å². The molecule has 0 aromatic carbocycles. The summed E-state index contributed by atoms with van der Waals surface area (Å²) in [6.45, 7) is 6.98. The number of nitrogens with one attached hydrogen (secondary N) is 1. The summed E-state index contributed by atoms with van der Waals surface area (Å²) >= 11 is 0. The number of allylic oxidation sites excluding steroid dienone is 3. The molecule has 0 radical (unpaired) electrons. The van der Waals surface area contributed by atoms with Crippen LogP contribution >= 0.6 is 0 Å². The Balaban J connectivity index is 2.32. The minimum absolute atomic E-state index is 0.439. The van der Waals surface area contributed by atoms with E-state index in [-0.39, 0.29) is 0 Å². The van der Waals surface area contributed by atoms with Crippen LogP contribution in [-0.4, -0.2) is 12.6 Å². The standard InChI is InChI=1S/C15H19NO/c1-3-6-14(15-7-5-9-16-15)13(4-2)12-8-10-17-11-12/h3-4,6,8,10-11,15-16H,1,5,7,9H2,2H3/b13-4-,14-6+. The monoisotopic (exact) mass is 229 g/mol. The molecule has 2 nitrogen and oxygen atoms in total. The molecule has 90 valence electrons. The van der Waals surface area contributed by atoms with Gasteiger partial charge < -0.3 is 9.73 Å². The lowest BCUT2D eigenvalue weighted by molar-refractivity contribution is 0.566. The van der Waals surface area contributed by atoms with Gasteiger partial charge in [-0.25, -0.2) is 0 Å². The molecule has 1 N–H and O–H groups in total. The topological polar surface area (TPSA) is 25.2 Å². The van der Waals surface area contributed by atoms with Crippen LogP contribution in [0.25, 0.3) is 5.57 Å². The van der Waals surface area contributed by atoms with Crippen LogP contribution in [0.5, 0.6) is 0 Å². The Morgan fingerprint density at radius 1 is 1.59 bits per heavy atom. The van der Waals surface area contributed by atoms with Gasteiger partial charge in [0.15, 0.2) is 0 Å². The van der Waals surface area contributed by atoms with E-state index in [2.05, 4.69) is 31.0 Å². The van der Waals surface area contributed by atoms with Gasteiger partial charge in [-0.05, 0) is 43.5 Å². The fourth-order valence-electron chi connectivity index (χ4n) is 2.39. The first-order valence-corrected chi connectivity index (χ1v) is 6.12. The molecule has 1 fully saturated rings. The van der Waals surface area contributed by atoms with E-state index in [9.17, 15) is 0 Å². The Morgan fingerprint density at radius 2 is 2.47 bits per heavy atom. The minimum atomic E-state index is 0.439. The fourth-order valence-corrected chi connectivity index (χ4v) is 2.39. The van der Waals surface area contributed by atoms with E-state index in [1.165, 1.54) is 24.0 Å². The largest absolute Gasteiger partial charge is 0.472 e. The smallest absolute Gasteiger partial charge is 0.0980 e. The Labute approximate surface area is 103 Å². The molecule has 1 atom stereocenters. The van der Waals surface area contributed by atoms with Crippen LogP contribution in [0, 0.1) is 0 Å². The summed E-state index contributed by atoms with van der Waals surface area (Å²) in [5.74, 6) is 0. The molecule has 0 amide bonds. The fraction of sp³-hybridized carbons (Fsp3) is 0.333. The summed E-state index contributed by atoms with van der Waals surface area (Å²) < 4.78 is 5.17. The van der Waals surface area contributed by atoms with Gasteiger partial charge in [0.1, 0.15) is 0 Å². The lowest BCUT2D eigenvalue weighted by Gasteiger charge is -2.17. The number of hydrogen-bond donors (Lipinski definition) is 1. The van der Waals surface area contributed by atoms with E-state index in [0.717, 1.165) is 12.1 Å². The van der Waals surface area contributed by atoms with Gasteiger partial charge in [0.05, 0.1) is 12.5 Å². The first-order valence-electron chi connectivity index (χ1n) is 6.12. The third-order valence-electron chi connectivity index (χ3n) is 3.16. The molecule has 1 aromatic heterocycles. The quantitative estimate of drug-likeness (QED) is 0.799. The first-order chi connectivity index (χ1) is 8.36. The number of rotatable bonds is 4. The zero-order valence-corrected chi connectivity index (χ0v) is 10.3. The molecule has 1 aromatic rings. The highest BCUT2D eigenvalue weighted by Gasteiger charge is 2.21. The normalized spacial score (nSPS) is 21.8. The average Bonchev–Trinajstić information content (AvgIpc) is 3.02. The number of furan rings is 1. The van der Waals surface area contributed by atoms with Gasteiger partial charge in [-0.15, -0.1) is 0 Å².